The van der Waals surface area contributed by atoms with Crippen LogP contribution in [-0.2, 0) is 18.4 Å². The van der Waals surface area contributed by atoms with E-state index in [9.17, 15) is 15.0 Å². The molecule has 17 heavy (non-hydrogen) atoms. The summed E-state index contributed by atoms with van der Waals surface area (Å²) < 4.78 is 1.95. The molecule has 0 bridgehead atoms. The first-order chi connectivity index (χ1) is 8.03. The van der Waals surface area contributed by atoms with E-state index in [1.165, 1.54) is 4.57 Å². The van der Waals surface area contributed by atoms with Gasteiger partial charge >= 0.3 is 5.69 Å². The highest BCUT2D eigenvalue weighted by Crippen LogP contribution is 2.25. The van der Waals surface area contributed by atoms with Crippen LogP contribution in [0.15, 0.2) is 4.79 Å². The lowest BCUT2D eigenvalue weighted by molar-refractivity contribution is 0.0718. The van der Waals surface area contributed by atoms with Crippen LogP contribution in [-0.4, -0.2) is 33.0 Å². The van der Waals surface area contributed by atoms with Crippen molar-refractivity contribution in [1.29, 1.82) is 0 Å². The van der Waals surface area contributed by atoms with Crippen LogP contribution < -0.4 is 5.69 Å². The molecule has 0 unspecified atom stereocenters. The number of H-pyrrole nitrogens is 1. The van der Waals surface area contributed by atoms with Crippen LogP contribution in [0.5, 0.6) is 0 Å². The maximum absolute atomic E-state index is 12.0. The number of aliphatic hydroxyl groups excluding tert-OH is 2. The fourth-order valence-electron chi connectivity index (χ4n) is 2.33. The zero-order chi connectivity index (χ0) is 12.6. The van der Waals surface area contributed by atoms with Gasteiger partial charge in [0.05, 0.1) is 18.8 Å². The molecule has 1 heterocycles. The number of hydrogen-bond acceptors (Lipinski definition) is 4. The van der Waals surface area contributed by atoms with Gasteiger partial charge in [-0.1, -0.05) is 12.2 Å². The van der Waals surface area contributed by atoms with Crippen molar-refractivity contribution in [2.24, 2.45) is 0 Å². The Labute approximate surface area is 104 Å². The van der Waals surface area contributed by atoms with E-state index in [0.29, 0.717) is 4.64 Å². The van der Waals surface area contributed by atoms with Gasteiger partial charge in [0.2, 0.25) is 0 Å². The van der Waals surface area contributed by atoms with Gasteiger partial charge in [-0.15, -0.1) is 0 Å². The standard InChI is InChI=1S/C11H16N2O3S/c1-11(5-14,6-15)13-8-4-2-3-7(8)9(17)12-10(13)16/h14-15H,2-6H2,1H3,(H,12,16,17). The summed E-state index contributed by atoms with van der Waals surface area (Å²) in [6.07, 6.45) is 2.56. The van der Waals surface area contributed by atoms with Crippen LogP contribution in [0.1, 0.15) is 24.6 Å². The summed E-state index contributed by atoms with van der Waals surface area (Å²) in [4.78, 5) is 14.6. The summed E-state index contributed by atoms with van der Waals surface area (Å²) in [5.74, 6) is 0. The molecule has 1 aliphatic rings. The summed E-state index contributed by atoms with van der Waals surface area (Å²) in [5, 5.41) is 18.8. The van der Waals surface area contributed by atoms with E-state index in [2.05, 4.69) is 4.98 Å². The molecule has 0 radical (unpaired) electrons. The Balaban J connectivity index is 2.75. The predicted molar refractivity (Wildman–Crippen MR) is 65.7 cm³/mol. The van der Waals surface area contributed by atoms with Crippen molar-refractivity contribution in [2.45, 2.75) is 31.7 Å². The van der Waals surface area contributed by atoms with Crippen molar-refractivity contribution in [2.75, 3.05) is 13.2 Å². The van der Waals surface area contributed by atoms with Crippen molar-refractivity contribution >= 4 is 12.2 Å². The number of aromatic nitrogens is 2. The molecule has 1 aliphatic carbocycles. The molecule has 5 nitrogen and oxygen atoms in total. The maximum atomic E-state index is 12.0. The zero-order valence-corrected chi connectivity index (χ0v) is 10.5. The molecular formula is C11H16N2O3S. The van der Waals surface area contributed by atoms with Crippen molar-refractivity contribution in [1.82, 2.24) is 9.55 Å². The Bertz CT molecular complexity index is 543. The average molecular weight is 256 g/mol. The predicted octanol–water partition coefficient (Wildman–Crippen LogP) is 0.0944. The molecule has 3 N–H and O–H groups in total. The molecular weight excluding hydrogens is 240 g/mol. The van der Waals surface area contributed by atoms with E-state index in [1.807, 2.05) is 0 Å². The van der Waals surface area contributed by atoms with Crippen LogP contribution in [0.25, 0.3) is 0 Å². The van der Waals surface area contributed by atoms with E-state index in [-0.39, 0.29) is 18.9 Å². The van der Waals surface area contributed by atoms with E-state index >= 15 is 0 Å². The first-order valence-corrected chi connectivity index (χ1v) is 6.03. The largest absolute Gasteiger partial charge is 0.394 e. The lowest BCUT2D eigenvalue weighted by Crippen LogP contribution is -2.47. The smallest absolute Gasteiger partial charge is 0.327 e. The minimum Gasteiger partial charge on any atom is -0.394 e. The second-order valence-electron chi connectivity index (χ2n) is 4.69. The second kappa shape index (κ2) is 4.36. The summed E-state index contributed by atoms with van der Waals surface area (Å²) in [6, 6.07) is 0. The first kappa shape index (κ1) is 12.5. The SMILES string of the molecule is CC(CO)(CO)n1c2c(c(=S)[nH]c1=O)CCC2. The van der Waals surface area contributed by atoms with Crippen molar-refractivity contribution < 1.29 is 10.2 Å². The van der Waals surface area contributed by atoms with E-state index in [4.69, 9.17) is 12.2 Å². The number of rotatable bonds is 3. The third-order valence-corrected chi connectivity index (χ3v) is 3.73. The van der Waals surface area contributed by atoms with Crippen LogP contribution >= 0.6 is 12.2 Å². The number of nitrogens with zero attached hydrogens (tertiary/aromatic N) is 1. The molecule has 0 saturated heterocycles. The topological polar surface area (TPSA) is 78.2 Å². The number of hydrogen-bond donors (Lipinski definition) is 3. The Hall–Kier alpha value is -0.980. The summed E-state index contributed by atoms with van der Waals surface area (Å²) >= 11 is 5.13. The summed E-state index contributed by atoms with van der Waals surface area (Å²) in [5.41, 5.74) is 0.476. The quantitative estimate of drug-likeness (QED) is 0.670. The van der Waals surface area contributed by atoms with Gasteiger partial charge in [0.25, 0.3) is 0 Å². The van der Waals surface area contributed by atoms with Gasteiger partial charge in [-0.2, -0.15) is 0 Å². The molecule has 2 rings (SSSR count). The Morgan fingerprint density at radius 2 is 2.06 bits per heavy atom. The van der Waals surface area contributed by atoms with Crippen LogP contribution in [0, 0.1) is 4.64 Å². The molecule has 1 aromatic heterocycles. The molecule has 0 aromatic carbocycles. The summed E-state index contributed by atoms with van der Waals surface area (Å²) in [7, 11) is 0. The Morgan fingerprint density at radius 3 is 2.65 bits per heavy atom. The number of fused-ring (bicyclic) bond motifs is 1. The van der Waals surface area contributed by atoms with Gasteiger partial charge in [0.15, 0.2) is 0 Å². The van der Waals surface area contributed by atoms with Crippen molar-refractivity contribution in [3.05, 3.63) is 26.4 Å². The Morgan fingerprint density at radius 1 is 1.41 bits per heavy atom. The van der Waals surface area contributed by atoms with Gasteiger partial charge in [0, 0.05) is 11.3 Å². The monoisotopic (exact) mass is 256 g/mol. The molecule has 6 heteroatoms. The third kappa shape index (κ3) is 1.86. The number of nitrogens with one attached hydrogen (secondary N) is 1. The van der Waals surface area contributed by atoms with E-state index < -0.39 is 5.54 Å². The van der Waals surface area contributed by atoms with Crippen LogP contribution in [0.2, 0.25) is 0 Å². The maximum Gasteiger partial charge on any atom is 0.327 e. The lowest BCUT2D eigenvalue weighted by atomic mass is 10.0. The second-order valence-corrected chi connectivity index (χ2v) is 5.09. The highest BCUT2D eigenvalue weighted by Gasteiger charge is 2.31. The number of aliphatic hydroxyl groups is 2. The fourth-order valence-corrected chi connectivity index (χ4v) is 2.64. The minimum atomic E-state index is -0.981. The molecule has 0 fully saturated rings. The normalized spacial score (nSPS) is 15.0. The van der Waals surface area contributed by atoms with Gasteiger partial charge in [0.1, 0.15) is 4.64 Å². The van der Waals surface area contributed by atoms with Gasteiger partial charge < -0.3 is 10.2 Å². The Kier molecular flexibility index (Phi) is 3.20. The fraction of sp³-hybridized carbons (Fsp3) is 0.636. The van der Waals surface area contributed by atoms with Crippen LogP contribution in [0.3, 0.4) is 0 Å². The molecule has 94 valence electrons. The molecule has 0 spiro atoms. The van der Waals surface area contributed by atoms with Crippen molar-refractivity contribution in [3.8, 4) is 0 Å². The number of aromatic amines is 1. The first-order valence-electron chi connectivity index (χ1n) is 5.63. The van der Waals surface area contributed by atoms with Gasteiger partial charge in [-0.25, -0.2) is 4.79 Å². The minimum absolute atomic E-state index is 0.291. The molecule has 1 aromatic rings. The highest BCUT2D eigenvalue weighted by atomic mass is 32.1. The molecule has 0 atom stereocenters. The zero-order valence-electron chi connectivity index (χ0n) is 9.69. The molecule has 0 saturated carbocycles. The van der Waals surface area contributed by atoms with Crippen molar-refractivity contribution in [3.63, 3.8) is 0 Å². The van der Waals surface area contributed by atoms with E-state index in [1.54, 1.807) is 6.92 Å². The van der Waals surface area contributed by atoms with E-state index in [0.717, 1.165) is 30.5 Å². The molecule has 0 aliphatic heterocycles. The van der Waals surface area contributed by atoms with Crippen LogP contribution in [0.4, 0.5) is 0 Å². The molecule has 0 amide bonds. The average Bonchev–Trinajstić information content (AvgIpc) is 2.77. The summed E-state index contributed by atoms with van der Waals surface area (Å²) in [6.45, 7) is 1.07. The highest BCUT2D eigenvalue weighted by molar-refractivity contribution is 7.71. The lowest BCUT2D eigenvalue weighted by Gasteiger charge is -2.30. The van der Waals surface area contributed by atoms with Gasteiger partial charge in [-0.3, -0.25) is 9.55 Å². The van der Waals surface area contributed by atoms with Gasteiger partial charge in [-0.05, 0) is 26.2 Å². The third-order valence-electron chi connectivity index (χ3n) is 3.38.